The normalized spacial score (nSPS) is 15.6. The molecular formula is C15H21F3N4O3. The lowest BCUT2D eigenvalue weighted by atomic mass is 10.1. The van der Waals surface area contributed by atoms with E-state index in [1.165, 1.54) is 0 Å². The fraction of sp³-hybridized carbons (Fsp3) is 0.667. The quantitative estimate of drug-likeness (QED) is 0.854. The number of halogens is 3. The van der Waals surface area contributed by atoms with E-state index in [9.17, 15) is 22.8 Å². The predicted octanol–water partition coefficient (Wildman–Crippen LogP) is 1.67. The molecule has 10 heteroatoms. The maximum atomic E-state index is 12.8. The van der Waals surface area contributed by atoms with E-state index in [1.807, 2.05) is 4.90 Å². The summed E-state index contributed by atoms with van der Waals surface area (Å²) in [4.78, 5) is 30.5. The molecule has 1 aromatic heterocycles. The zero-order valence-corrected chi connectivity index (χ0v) is 14.3. The molecule has 0 spiro atoms. The number of hydrogen-bond donors (Lipinski definition) is 2. The van der Waals surface area contributed by atoms with Crippen molar-refractivity contribution >= 4 is 6.09 Å². The third kappa shape index (κ3) is 5.45. The first kappa shape index (κ1) is 19.2. The SMILES string of the molecule is CC(C)(C)OC(=O)NCCN1CCc2c(nc(C(F)(F)F)[nH]c2=O)C1. The molecule has 0 aliphatic carbocycles. The number of rotatable bonds is 3. The fourth-order valence-corrected chi connectivity index (χ4v) is 2.45. The predicted molar refractivity (Wildman–Crippen MR) is 83.1 cm³/mol. The molecule has 1 amide bonds. The first-order valence-corrected chi connectivity index (χ1v) is 7.84. The van der Waals surface area contributed by atoms with E-state index in [0.29, 0.717) is 19.5 Å². The van der Waals surface area contributed by atoms with Crippen molar-refractivity contribution in [3.05, 3.63) is 27.4 Å². The third-order valence-electron chi connectivity index (χ3n) is 3.52. The van der Waals surface area contributed by atoms with Gasteiger partial charge in [-0.1, -0.05) is 0 Å². The molecule has 0 unspecified atom stereocenters. The van der Waals surface area contributed by atoms with Crippen molar-refractivity contribution in [2.24, 2.45) is 0 Å². The van der Waals surface area contributed by atoms with Gasteiger partial charge in [-0.3, -0.25) is 9.69 Å². The summed E-state index contributed by atoms with van der Waals surface area (Å²) in [7, 11) is 0. The van der Waals surface area contributed by atoms with Crippen LogP contribution in [0.2, 0.25) is 0 Å². The second-order valence-corrected chi connectivity index (χ2v) is 6.79. The lowest BCUT2D eigenvalue weighted by Crippen LogP contribution is -2.41. The summed E-state index contributed by atoms with van der Waals surface area (Å²) < 4.78 is 43.4. The van der Waals surface area contributed by atoms with Gasteiger partial charge >= 0.3 is 12.3 Å². The van der Waals surface area contributed by atoms with Crippen molar-refractivity contribution in [3.63, 3.8) is 0 Å². The second-order valence-electron chi connectivity index (χ2n) is 6.79. The number of H-pyrrole nitrogens is 1. The highest BCUT2D eigenvalue weighted by atomic mass is 19.4. The van der Waals surface area contributed by atoms with E-state index in [1.54, 1.807) is 25.8 Å². The first-order valence-electron chi connectivity index (χ1n) is 7.84. The van der Waals surface area contributed by atoms with Crippen molar-refractivity contribution < 1.29 is 22.7 Å². The Labute approximate surface area is 142 Å². The van der Waals surface area contributed by atoms with Crippen LogP contribution in [0.25, 0.3) is 0 Å². The van der Waals surface area contributed by atoms with Crippen LogP contribution in [-0.4, -0.2) is 46.2 Å². The molecule has 25 heavy (non-hydrogen) atoms. The summed E-state index contributed by atoms with van der Waals surface area (Å²) in [6.07, 6.45) is -4.95. The van der Waals surface area contributed by atoms with Gasteiger partial charge in [0.2, 0.25) is 5.82 Å². The molecular weight excluding hydrogens is 341 g/mol. The molecule has 0 fully saturated rings. The molecule has 7 nitrogen and oxygen atoms in total. The van der Waals surface area contributed by atoms with Gasteiger partial charge in [0.1, 0.15) is 5.60 Å². The van der Waals surface area contributed by atoms with Gasteiger partial charge < -0.3 is 15.0 Å². The number of nitrogens with zero attached hydrogens (tertiary/aromatic N) is 2. The summed E-state index contributed by atoms with van der Waals surface area (Å²) in [6.45, 7) is 6.55. The minimum Gasteiger partial charge on any atom is -0.444 e. The van der Waals surface area contributed by atoms with Crippen molar-refractivity contribution in [1.29, 1.82) is 0 Å². The lowest BCUT2D eigenvalue weighted by molar-refractivity contribution is -0.145. The zero-order valence-electron chi connectivity index (χ0n) is 14.3. The highest BCUT2D eigenvalue weighted by Gasteiger charge is 2.35. The largest absolute Gasteiger partial charge is 0.449 e. The Balaban J connectivity index is 1.95. The average Bonchev–Trinajstić information content (AvgIpc) is 2.44. The molecule has 0 radical (unpaired) electrons. The van der Waals surface area contributed by atoms with Gasteiger partial charge in [-0.2, -0.15) is 13.2 Å². The molecule has 2 heterocycles. The number of ether oxygens (including phenoxy) is 1. The van der Waals surface area contributed by atoms with Gasteiger partial charge in [-0.15, -0.1) is 0 Å². The van der Waals surface area contributed by atoms with Gasteiger partial charge in [-0.05, 0) is 27.2 Å². The highest BCUT2D eigenvalue weighted by Crippen LogP contribution is 2.26. The molecule has 2 N–H and O–H groups in total. The van der Waals surface area contributed by atoms with Gasteiger partial charge in [-0.25, -0.2) is 9.78 Å². The number of nitrogens with one attached hydrogen (secondary N) is 2. The maximum absolute atomic E-state index is 12.8. The minimum absolute atomic E-state index is 0.123. The molecule has 1 aliphatic heterocycles. The topological polar surface area (TPSA) is 87.3 Å². The number of fused-ring (bicyclic) bond motifs is 1. The molecule has 0 saturated carbocycles. The van der Waals surface area contributed by atoms with Gasteiger partial charge in [0.15, 0.2) is 0 Å². The molecule has 0 atom stereocenters. The Bertz CT molecular complexity index is 695. The van der Waals surface area contributed by atoms with E-state index >= 15 is 0 Å². The standard InChI is InChI=1S/C15H21F3N4O3/c1-14(2,3)25-13(24)19-5-7-22-6-4-9-10(8-22)20-12(15(16,17)18)21-11(9)23/h4-8H2,1-3H3,(H,19,24)(H,20,21,23). The summed E-state index contributed by atoms with van der Waals surface area (Å²) in [6, 6.07) is 0. The minimum atomic E-state index is -4.70. The Hall–Kier alpha value is -2.10. The van der Waals surface area contributed by atoms with Crippen LogP contribution >= 0.6 is 0 Å². The van der Waals surface area contributed by atoms with Crippen LogP contribution in [0.4, 0.5) is 18.0 Å². The zero-order chi connectivity index (χ0) is 18.8. The first-order chi connectivity index (χ1) is 11.5. The molecule has 140 valence electrons. The van der Waals surface area contributed by atoms with Crippen molar-refractivity contribution in [3.8, 4) is 0 Å². The molecule has 0 saturated heterocycles. The lowest BCUT2D eigenvalue weighted by Gasteiger charge is -2.28. The highest BCUT2D eigenvalue weighted by molar-refractivity contribution is 5.67. The number of alkyl carbamates (subject to hydrolysis) is 1. The number of amides is 1. The summed E-state index contributed by atoms with van der Waals surface area (Å²) in [5.74, 6) is -1.29. The Morgan fingerprint density at radius 3 is 2.64 bits per heavy atom. The average molecular weight is 362 g/mol. The van der Waals surface area contributed by atoms with Crippen LogP contribution in [0.5, 0.6) is 0 Å². The van der Waals surface area contributed by atoms with Crippen LogP contribution in [0.3, 0.4) is 0 Å². The van der Waals surface area contributed by atoms with Crippen molar-refractivity contribution in [2.75, 3.05) is 19.6 Å². The monoisotopic (exact) mass is 362 g/mol. The van der Waals surface area contributed by atoms with E-state index in [4.69, 9.17) is 4.74 Å². The number of aromatic amines is 1. The van der Waals surface area contributed by atoms with E-state index in [2.05, 4.69) is 10.3 Å². The smallest absolute Gasteiger partial charge is 0.444 e. The Kier molecular flexibility index (Phi) is 5.40. The maximum Gasteiger partial charge on any atom is 0.449 e. The number of carbonyl (C=O) groups is 1. The molecule has 0 aromatic carbocycles. The van der Waals surface area contributed by atoms with E-state index in [-0.39, 0.29) is 24.3 Å². The van der Waals surface area contributed by atoms with Crippen LogP contribution in [0.15, 0.2) is 4.79 Å². The summed E-state index contributed by atoms with van der Waals surface area (Å²) in [5, 5.41) is 2.59. The molecule has 1 aromatic rings. The number of aromatic nitrogens is 2. The van der Waals surface area contributed by atoms with Crippen molar-refractivity contribution in [2.45, 2.75) is 45.5 Å². The van der Waals surface area contributed by atoms with Crippen LogP contribution in [-0.2, 0) is 23.9 Å². The Morgan fingerprint density at radius 1 is 1.36 bits per heavy atom. The van der Waals surface area contributed by atoms with Gasteiger partial charge in [0, 0.05) is 31.7 Å². The van der Waals surface area contributed by atoms with Gasteiger partial charge in [0.25, 0.3) is 5.56 Å². The molecule has 0 bridgehead atoms. The van der Waals surface area contributed by atoms with E-state index in [0.717, 1.165) is 0 Å². The molecule has 2 rings (SSSR count). The fourth-order valence-electron chi connectivity index (χ4n) is 2.45. The van der Waals surface area contributed by atoms with Crippen LogP contribution in [0, 0.1) is 0 Å². The molecule has 1 aliphatic rings. The van der Waals surface area contributed by atoms with Crippen LogP contribution in [0.1, 0.15) is 37.9 Å². The number of hydrogen-bond acceptors (Lipinski definition) is 5. The Morgan fingerprint density at radius 2 is 2.04 bits per heavy atom. The number of alkyl halides is 3. The van der Waals surface area contributed by atoms with Crippen molar-refractivity contribution in [1.82, 2.24) is 20.2 Å². The number of carbonyl (C=O) groups excluding carboxylic acids is 1. The third-order valence-corrected chi connectivity index (χ3v) is 3.52. The summed E-state index contributed by atoms with van der Waals surface area (Å²) in [5.41, 5.74) is -0.944. The second kappa shape index (κ2) is 7.03. The van der Waals surface area contributed by atoms with Crippen LogP contribution < -0.4 is 10.9 Å². The van der Waals surface area contributed by atoms with Gasteiger partial charge in [0.05, 0.1) is 5.69 Å². The van der Waals surface area contributed by atoms with E-state index < -0.39 is 29.3 Å². The summed E-state index contributed by atoms with van der Waals surface area (Å²) >= 11 is 0.